The van der Waals surface area contributed by atoms with E-state index < -0.39 is 6.29 Å². The number of amides is 2. The van der Waals surface area contributed by atoms with E-state index in [1.807, 2.05) is 53.6 Å². The van der Waals surface area contributed by atoms with Gasteiger partial charge in [0.2, 0.25) is 0 Å². The van der Waals surface area contributed by atoms with Crippen molar-refractivity contribution in [1.29, 1.82) is 0 Å². The molecule has 7 heteroatoms. The molecule has 0 spiro atoms. The van der Waals surface area contributed by atoms with Crippen molar-refractivity contribution in [2.45, 2.75) is 31.6 Å². The first kappa shape index (κ1) is 23.3. The number of nitrogens with one attached hydrogen (secondary N) is 1. The Bertz CT molecular complexity index is 1010. The van der Waals surface area contributed by atoms with Gasteiger partial charge in [-0.05, 0) is 43.0 Å². The van der Waals surface area contributed by atoms with Crippen molar-refractivity contribution in [3.63, 3.8) is 0 Å². The molecule has 0 unspecified atom stereocenters. The molecule has 7 nitrogen and oxygen atoms in total. The minimum atomic E-state index is -0.459. The lowest BCUT2D eigenvalue weighted by Crippen LogP contribution is -2.51. The predicted molar refractivity (Wildman–Crippen MR) is 129 cm³/mol. The van der Waals surface area contributed by atoms with E-state index in [0.29, 0.717) is 6.54 Å². The Labute approximate surface area is 195 Å². The van der Waals surface area contributed by atoms with Crippen LogP contribution in [0.25, 0.3) is 11.0 Å². The highest BCUT2D eigenvalue weighted by atomic mass is 16.7. The summed E-state index contributed by atoms with van der Waals surface area (Å²) >= 11 is 0. The molecule has 1 N–H and O–H groups in total. The first-order valence-corrected chi connectivity index (χ1v) is 11.5. The van der Waals surface area contributed by atoms with E-state index in [-0.39, 0.29) is 12.1 Å². The number of fused-ring (bicyclic) bond motifs is 1. The van der Waals surface area contributed by atoms with Crippen molar-refractivity contribution in [3.05, 3.63) is 66.4 Å². The molecule has 4 rings (SSSR count). The Hall–Kier alpha value is -2.87. The van der Waals surface area contributed by atoms with Crippen LogP contribution in [0.15, 0.2) is 65.3 Å². The number of carbonyl (C=O) groups is 1. The minimum absolute atomic E-state index is 0.122. The van der Waals surface area contributed by atoms with E-state index in [1.54, 1.807) is 14.2 Å². The van der Waals surface area contributed by atoms with E-state index in [1.165, 1.54) is 10.9 Å². The number of piperidine rings is 1. The van der Waals surface area contributed by atoms with Crippen molar-refractivity contribution in [3.8, 4) is 0 Å². The average molecular weight is 452 g/mol. The van der Waals surface area contributed by atoms with Gasteiger partial charge in [0.05, 0.1) is 12.8 Å². The largest absolute Gasteiger partial charge is 0.464 e. The van der Waals surface area contributed by atoms with Gasteiger partial charge in [-0.3, -0.25) is 0 Å². The van der Waals surface area contributed by atoms with Gasteiger partial charge in [-0.2, -0.15) is 0 Å². The van der Waals surface area contributed by atoms with Crippen LogP contribution in [0.2, 0.25) is 0 Å². The molecular formula is C26H33N3O4. The summed E-state index contributed by atoms with van der Waals surface area (Å²) in [6.45, 7) is 3.25. The maximum absolute atomic E-state index is 13.1. The van der Waals surface area contributed by atoms with Gasteiger partial charge in [0.1, 0.15) is 5.58 Å². The summed E-state index contributed by atoms with van der Waals surface area (Å²) in [7, 11) is 3.20. The maximum atomic E-state index is 13.1. The number of nitrogens with zero attached hydrogens (tertiary/aromatic N) is 2. The quantitative estimate of drug-likeness (QED) is 0.482. The van der Waals surface area contributed by atoms with E-state index in [9.17, 15) is 4.79 Å². The lowest BCUT2D eigenvalue weighted by atomic mass is 10.0. The second-order valence-electron chi connectivity index (χ2n) is 8.43. The number of methoxy groups -OCH3 is 2. The number of likely N-dealkylation sites (tertiary alicyclic amines) is 1. The Morgan fingerprint density at radius 2 is 1.79 bits per heavy atom. The Morgan fingerprint density at radius 3 is 2.52 bits per heavy atom. The third kappa shape index (κ3) is 5.93. The van der Waals surface area contributed by atoms with Gasteiger partial charge in [0, 0.05) is 51.0 Å². The van der Waals surface area contributed by atoms with Gasteiger partial charge >= 0.3 is 6.03 Å². The van der Waals surface area contributed by atoms with Crippen LogP contribution in [-0.4, -0.2) is 68.6 Å². The summed E-state index contributed by atoms with van der Waals surface area (Å²) in [5, 5.41) is 4.21. The molecule has 2 aromatic carbocycles. The fraction of sp³-hybridized carbons (Fsp3) is 0.423. The molecule has 33 heavy (non-hydrogen) atoms. The summed E-state index contributed by atoms with van der Waals surface area (Å²) in [6.07, 6.45) is 4.19. The van der Waals surface area contributed by atoms with E-state index >= 15 is 0 Å². The minimum Gasteiger partial charge on any atom is -0.464 e. The molecule has 176 valence electrons. The lowest BCUT2D eigenvalue weighted by Gasteiger charge is -2.39. The second-order valence-corrected chi connectivity index (χ2v) is 8.43. The summed E-state index contributed by atoms with van der Waals surface area (Å²) in [5.41, 5.74) is 2.97. The normalized spacial score (nSPS) is 15.2. The molecule has 1 fully saturated rings. The molecule has 1 aromatic heterocycles. The summed E-state index contributed by atoms with van der Waals surface area (Å²) in [6, 6.07) is 17.7. The van der Waals surface area contributed by atoms with Gasteiger partial charge < -0.3 is 29.0 Å². The lowest BCUT2D eigenvalue weighted by molar-refractivity contribution is -0.115. The van der Waals surface area contributed by atoms with Crippen LogP contribution in [0.3, 0.4) is 0 Å². The highest BCUT2D eigenvalue weighted by Gasteiger charge is 2.30. The van der Waals surface area contributed by atoms with Crippen molar-refractivity contribution >= 4 is 22.7 Å². The molecule has 3 aromatic rings. The Balaban J connectivity index is 1.35. The zero-order chi connectivity index (χ0) is 23.0. The van der Waals surface area contributed by atoms with Crippen LogP contribution in [0.1, 0.15) is 18.4 Å². The van der Waals surface area contributed by atoms with Crippen molar-refractivity contribution in [2.75, 3.05) is 45.7 Å². The fourth-order valence-corrected chi connectivity index (χ4v) is 4.48. The van der Waals surface area contributed by atoms with Gasteiger partial charge in [-0.1, -0.05) is 36.4 Å². The zero-order valence-electron chi connectivity index (χ0n) is 19.4. The SMILES string of the molecule is COC(CN(C(=O)Nc1ccccc1)C1CCN(CCc2coc3ccccc23)CC1)OC. The number of anilines is 1. The van der Waals surface area contributed by atoms with Gasteiger partial charge in [-0.15, -0.1) is 0 Å². The zero-order valence-corrected chi connectivity index (χ0v) is 19.4. The number of ether oxygens (including phenoxy) is 2. The number of furan rings is 1. The predicted octanol–water partition coefficient (Wildman–Crippen LogP) is 4.59. The number of rotatable bonds is 9. The van der Waals surface area contributed by atoms with Gasteiger partial charge in [0.15, 0.2) is 6.29 Å². The highest BCUT2D eigenvalue weighted by molar-refractivity contribution is 5.89. The molecule has 2 heterocycles. The van der Waals surface area contributed by atoms with Crippen LogP contribution < -0.4 is 5.32 Å². The topological polar surface area (TPSA) is 67.2 Å². The van der Waals surface area contributed by atoms with E-state index in [4.69, 9.17) is 13.9 Å². The number of benzene rings is 2. The standard InChI is InChI=1S/C26H33N3O4/c1-31-25(32-2)18-29(26(30)27-21-8-4-3-5-9-21)22-13-16-28(17-14-22)15-12-20-19-33-24-11-7-6-10-23(20)24/h3-11,19,22,25H,12-18H2,1-2H3,(H,27,30). The summed E-state index contributed by atoms with van der Waals surface area (Å²) in [4.78, 5) is 17.5. The van der Waals surface area contributed by atoms with Gasteiger partial charge in [-0.25, -0.2) is 4.79 Å². The first-order chi connectivity index (χ1) is 16.2. The third-order valence-electron chi connectivity index (χ3n) is 6.41. The van der Waals surface area contributed by atoms with Crippen LogP contribution in [0, 0.1) is 0 Å². The molecule has 2 amide bonds. The van der Waals surface area contributed by atoms with Crippen LogP contribution >= 0.6 is 0 Å². The summed E-state index contributed by atoms with van der Waals surface area (Å²) < 4.78 is 16.5. The van der Waals surface area contributed by atoms with Crippen molar-refractivity contribution < 1.29 is 18.7 Å². The number of carbonyl (C=O) groups excluding carboxylic acids is 1. The first-order valence-electron chi connectivity index (χ1n) is 11.5. The smallest absolute Gasteiger partial charge is 0.322 e. The van der Waals surface area contributed by atoms with Crippen molar-refractivity contribution in [2.24, 2.45) is 0 Å². The molecule has 1 aliphatic rings. The molecular weight excluding hydrogens is 418 g/mol. The number of hydrogen-bond acceptors (Lipinski definition) is 5. The Morgan fingerprint density at radius 1 is 1.09 bits per heavy atom. The molecule has 1 saturated heterocycles. The van der Waals surface area contributed by atoms with E-state index in [0.717, 1.165) is 50.2 Å². The summed E-state index contributed by atoms with van der Waals surface area (Å²) in [5.74, 6) is 0. The monoisotopic (exact) mass is 451 g/mol. The van der Waals surface area contributed by atoms with Crippen LogP contribution in [0.5, 0.6) is 0 Å². The fourth-order valence-electron chi connectivity index (χ4n) is 4.48. The number of para-hydroxylation sites is 2. The molecule has 0 radical (unpaired) electrons. The molecule has 0 bridgehead atoms. The average Bonchev–Trinajstić information content (AvgIpc) is 3.28. The molecule has 0 atom stereocenters. The van der Waals surface area contributed by atoms with Crippen molar-refractivity contribution in [1.82, 2.24) is 9.80 Å². The third-order valence-corrected chi connectivity index (χ3v) is 6.41. The van der Waals surface area contributed by atoms with Crippen LogP contribution in [-0.2, 0) is 15.9 Å². The van der Waals surface area contributed by atoms with E-state index in [2.05, 4.69) is 22.3 Å². The van der Waals surface area contributed by atoms with Gasteiger partial charge in [0.25, 0.3) is 0 Å². The highest BCUT2D eigenvalue weighted by Crippen LogP contribution is 2.23. The molecule has 0 aliphatic carbocycles. The molecule has 0 saturated carbocycles. The second kappa shape index (κ2) is 11.3. The number of hydrogen-bond donors (Lipinski definition) is 1. The molecule has 1 aliphatic heterocycles. The van der Waals surface area contributed by atoms with Crippen LogP contribution in [0.4, 0.5) is 10.5 Å². The maximum Gasteiger partial charge on any atom is 0.322 e. The number of urea groups is 1. The Kier molecular flexibility index (Phi) is 7.99.